The summed E-state index contributed by atoms with van der Waals surface area (Å²) >= 11 is 2.01. The molecule has 1 N–H and O–H groups in total. The van der Waals surface area contributed by atoms with Gasteiger partial charge in [-0.3, -0.25) is 9.20 Å². The highest BCUT2D eigenvalue weighted by molar-refractivity contribution is 14.0. The summed E-state index contributed by atoms with van der Waals surface area (Å²) in [6.45, 7) is 13.3. The first-order valence-electron chi connectivity index (χ1n) is 7.14. The largest absolute Gasteiger partial charge is 0.355 e. The van der Waals surface area contributed by atoms with E-state index in [9.17, 15) is 4.21 Å². The average Bonchev–Trinajstić information content (AvgIpc) is 2.31. The number of nitrogens with zero attached hydrogens (tertiary/aromatic N) is 2. The van der Waals surface area contributed by atoms with Gasteiger partial charge in [0.15, 0.2) is 5.96 Å². The Bertz CT molecular complexity index is 381. The Balaban J connectivity index is 0.00000400. The first-order valence-corrected chi connectivity index (χ1v) is 9.44. The Kier molecular flexibility index (Phi) is 9.17. The van der Waals surface area contributed by atoms with Gasteiger partial charge in [-0.25, -0.2) is 0 Å². The normalized spacial score (nSPS) is 20.7. The summed E-state index contributed by atoms with van der Waals surface area (Å²) in [6, 6.07) is 0. The molecular formula is C14H30IN3OS2. The van der Waals surface area contributed by atoms with Gasteiger partial charge >= 0.3 is 0 Å². The van der Waals surface area contributed by atoms with Crippen molar-refractivity contribution in [1.82, 2.24) is 10.2 Å². The highest BCUT2D eigenvalue weighted by Gasteiger charge is 2.28. The molecule has 0 aromatic rings. The fraction of sp³-hybridized carbons (Fsp3) is 0.929. The predicted molar refractivity (Wildman–Crippen MR) is 108 cm³/mol. The number of guanidine groups is 1. The number of aliphatic imine (C=N–C) groups is 1. The zero-order chi connectivity index (χ0) is 15.4. The third kappa shape index (κ3) is 7.54. The zero-order valence-corrected chi connectivity index (χ0v) is 18.0. The molecule has 126 valence electrons. The van der Waals surface area contributed by atoms with E-state index >= 15 is 0 Å². The van der Waals surface area contributed by atoms with Crippen LogP contribution in [0, 0.1) is 0 Å². The van der Waals surface area contributed by atoms with E-state index in [1.807, 2.05) is 39.6 Å². The minimum Gasteiger partial charge on any atom is -0.355 e. The van der Waals surface area contributed by atoms with Gasteiger partial charge < -0.3 is 10.2 Å². The van der Waals surface area contributed by atoms with Crippen molar-refractivity contribution in [2.24, 2.45) is 4.99 Å². The smallest absolute Gasteiger partial charge is 0.193 e. The Hall–Kier alpha value is 0.500. The second kappa shape index (κ2) is 8.96. The third-order valence-corrected chi connectivity index (χ3v) is 6.43. The maximum atomic E-state index is 12.0. The standard InChI is InChI=1S/C14H29N3OS2.HI/c1-13(2,3)20(18)10-7-16-12(15-6)17-8-9-19-14(4,5)11-17;/h7-11H2,1-6H3,(H,15,16);1H. The molecule has 1 unspecified atom stereocenters. The molecule has 1 aliphatic rings. The third-order valence-electron chi connectivity index (χ3n) is 3.19. The maximum Gasteiger partial charge on any atom is 0.193 e. The molecule has 1 atom stereocenters. The van der Waals surface area contributed by atoms with Crippen LogP contribution in [0.3, 0.4) is 0 Å². The fourth-order valence-corrected chi connectivity index (χ4v) is 4.10. The van der Waals surface area contributed by atoms with E-state index in [-0.39, 0.29) is 33.5 Å². The molecule has 0 aromatic heterocycles. The van der Waals surface area contributed by atoms with E-state index in [0.29, 0.717) is 12.3 Å². The van der Waals surface area contributed by atoms with Crippen LogP contribution in [0.15, 0.2) is 4.99 Å². The minimum atomic E-state index is -0.816. The highest BCUT2D eigenvalue weighted by Crippen LogP contribution is 2.29. The number of hydrogen-bond donors (Lipinski definition) is 1. The van der Waals surface area contributed by atoms with Crippen molar-refractivity contribution in [3.63, 3.8) is 0 Å². The molecule has 0 saturated carbocycles. The first kappa shape index (κ1) is 21.5. The Morgan fingerprint density at radius 2 is 2.05 bits per heavy atom. The first-order chi connectivity index (χ1) is 9.15. The molecular weight excluding hydrogens is 417 g/mol. The van der Waals surface area contributed by atoms with Crippen LogP contribution >= 0.6 is 35.7 Å². The van der Waals surface area contributed by atoms with Gasteiger partial charge in [-0.05, 0) is 34.6 Å². The Labute approximate surface area is 153 Å². The molecule has 1 aliphatic heterocycles. The lowest BCUT2D eigenvalue weighted by atomic mass is 10.2. The van der Waals surface area contributed by atoms with E-state index in [1.165, 1.54) is 0 Å². The second-order valence-electron chi connectivity index (χ2n) is 6.67. The van der Waals surface area contributed by atoms with E-state index in [4.69, 9.17) is 0 Å². The van der Waals surface area contributed by atoms with Crippen LogP contribution in [0.4, 0.5) is 0 Å². The summed E-state index contributed by atoms with van der Waals surface area (Å²) in [5.74, 6) is 2.72. The van der Waals surface area contributed by atoms with Crippen LogP contribution in [0.2, 0.25) is 0 Å². The molecule has 1 saturated heterocycles. The van der Waals surface area contributed by atoms with Crippen LogP contribution in [0.25, 0.3) is 0 Å². The predicted octanol–water partition coefficient (Wildman–Crippen LogP) is 2.55. The summed E-state index contributed by atoms with van der Waals surface area (Å²) in [5.41, 5.74) is 0. The van der Waals surface area contributed by atoms with Crippen molar-refractivity contribution < 1.29 is 4.21 Å². The monoisotopic (exact) mass is 447 g/mol. The average molecular weight is 447 g/mol. The van der Waals surface area contributed by atoms with Crippen molar-refractivity contribution in [2.45, 2.75) is 44.1 Å². The molecule has 0 aliphatic carbocycles. The van der Waals surface area contributed by atoms with Crippen molar-refractivity contribution in [3.05, 3.63) is 0 Å². The molecule has 0 spiro atoms. The fourth-order valence-electron chi connectivity index (χ4n) is 2.09. The SMILES string of the molecule is CN=C(NCCS(=O)C(C)(C)C)N1CCSC(C)(C)C1.I. The summed E-state index contributed by atoms with van der Waals surface area (Å²) in [4.78, 5) is 6.66. The number of rotatable bonds is 3. The summed E-state index contributed by atoms with van der Waals surface area (Å²) in [6.07, 6.45) is 0. The van der Waals surface area contributed by atoms with Crippen LogP contribution in [0.5, 0.6) is 0 Å². The van der Waals surface area contributed by atoms with Crippen LogP contribution < -0.4 is 5.32 Å². The molecule has 0 aromatic carbocycles. The van der Waals surface area contributed by atoms with E-state index < -0.39 is 10.8 Å². The minimum absolute atomic E-state index is 0. The lowest BCUT2D eigenvalue weighted by Crippen LogP contribution is -2.51. The number of hydrogen-bond acceptors (Lipinski definition) is 3. The van der Waals surface area contributed by atoms with Crippen molar-refractivity contribution in [2.75, 3.05) is 38.2 Å². The molecule has 1 rings (SSSR count). The lowest BCUT2D eigenvalue weighted by Gasteiger charge is -2.39. The van der Waals surface area contributed by atoms with Gasteiger partial charge in [0, 0.05) is 58.5 Å². The Morgan fingerprint density at radius 3 is 2.52 bits per heavy atom. The number of nitrogens with one attached hydrogen (secondary N) is 1. The van der Waals surface area contributed by atoms with E-state index in [2.05, 4.69) is 29.1 Å². The van der Waals surface area contributed by atoms with E-state index in [1.54, 1.807) is 0 Å². The van der Waals surface area contributed by atoms with Crippen molar-refractivity contribution in [3.8, 4) is 0 Å². The Morgan fingerprint density at radius 1 is 1.43 bits per heavy atom. The second-order valence-corrected chi connectivity index (χ2v) is 10.8. The molecule has 1 fully saturated rings. The summed E-state index contributed by atoms with van der Waals surface area (Å²) in [5, 5.41) is 3.35. The van der Waals surface area contributed by atoms with E-state index in [0.717, 1.165) is 24.8 Å². The molecule has 1 heterocycles. The lowest BCUT2D eigenvalue weighted by molar-refractivity contribution is 0.377. The van der Waals surface area contributed by atoms with Gasteiger partial charge in [-0.1, -0.05) is 0 Å². The van der Waals surface area contributed by atoms with Gasteiger partial charge in [0.05, 0.1) is 0 Å². The summed E-state index contributed by atoms with van der Waals surface area (Å²) < 4.78 is 12.2. The van der Waals surface area contributed by atoms with Crippen molar-refractivity contribution >= 4 is 52.5 Å². The molecule has 4 nitrogen and oxygen atoms in total. The molecule has 7 heteroatoms. The summed E-state index contributed by atoms with van der Waals surface area (Å²) in [7, 11) is 1.00. The van der Waals surface area contributed by atoms with Gasteiger partial charge in [0.25, 0.3) is 0 Å². The maximum absolute atomic E-state index is 12.0. The molecule has 0 amide bonds. The van der Waals surface area contributed by atoms with Crippen LogP contribution in [0.1, 0.15) is 34.6 Å². The van der Waals surface area contributed by atoms with Gasteiger partial charge in [-0.2, -0.15) is 11.8 Å². The topological polar surface area (TPSA) is 44.7 Å². The van der Waals surface area contributed by atoms with Crippen LogP contribution in [-0.2, 0) is 10.8 Å². The van der Waals surface area contributed by atoms with Crippen molar-refractivity contribution in [1.29, 1.82) is 0 Å². The van der Waals surface area contributed by atoms with Gasteiger partial charge in [0.2, 0.25) is 0 Å². The van der Waals surface area contributed by atoms with Gasteiger partial charge in [0.1, 0.15) is 0 Å². The molecule has 21 heavy (non-hydrogen) atoms. The zero-order valence-electron chi connectivity index (χ0n) is 14.1. The number of thioether (sulfide) groups is 1. The van der Waals surface area contributed by atoms with Gasteiger partial charge in [-0.15, -0.1) is 24.0 Å². The quantitative estimate of drug-likeness (QED) is 0.411. The number of halogens is 1. The highest BCUT2D eigenvalue weighted by atomic mass is 127. The van der Waals surface area contributed by atoms with Crippen LogP contribution in [-0.4, -0.2) is 62.8 Å². The molecule has 0 bridgehead atoms. The molecule has 0 radical (unpaired) electrons.